The van der Waals surface area contributed by atoms with Crippen molar-refractivity contribution in [2.45, 2.75) is 18.7 Å². The lowest BCUT2D eigenvalue weighted by Crippen LogP contribution is -2.28. The number of pyridine rings is 1. The van der Waals surface area contributed by atoms with Gasteiger partial charge in [-0.1, -0.05) is 23.7 Å². The Morgan fingerprint density at radius 2 is 1.79 bits per heavy atom. The van der Waals surface area contributed by atoms with Crippen LogP contribution in [0.1, 0.15) is 12.6 Å². The van der Waals surface area contributed by atoms with Gasteiger partial charge in [-0.15, -0.1) is 0 Å². The van der Waals surface area contributed by atoms with Crippen molar-refractivity contribution in [3.05, 3.63) is 63.7 Å². The van der Waals surface area contributed by atoms with Gasteiger partial charge in [0.15, 0.2) is 5.82 Å². The van der Waals surface area contributed by atoms with E-state index < -0.39 is 15.9 Å². The zero-order chi connectivity index (χ0) is 20.6. The number of aromatic nitrogens is 3. The van der Waals surface area contributed by atoms with Gasteiger partial charge in [-0.2, -0.15) is 4.68 Å². The Hall–Kier alpha value is -2.91. The molecule has 0 atom stereocenters. The first-order valence-corrected chi connectivity index (χ1v) is 10.0. The molecule has 2 aromatic heterocycles. The SMILES string of the molecule is CC(=O)NS(=O)(=O)c1ccc(-n2c(=O)c(-c3ccc(Cl)cc3)c(C)n2C)nc1. The predicted molar refractivity (Wildman–Crippen MR) is 105 cm³/mol. The molecule has 0 aliphatic rings. The number of hydrogen-bond donors (Lipinski definition) is 1. The van der Waals surface area contributed by atoms with Gasteiger partial charge in [-0.25, -0.2) is 18.1 Å². The monoisotopic (exact) mass is 420 g/mol. The summed E-state index contributed by atoms with van der Waals surface area (Å²) in [6, 6.07) is 9.60. The highest BCUT2D eigenvalue weighted by Crippen LogP contribution is 2.23. The predicted octanol–water partition coefficient (Wildman–Crippen LogP) is 2.02. The molecule has 0 bridgehead atoms. The van der Waals surface area contributed by atoms with Crippen LogP contribution >= 0.6 is 11.6 Å². The van der Waals surface area contributed by atoms with E-state index in [4.69, 9.17) is 11.6 Å². The van der Waals surface area contributed by atoms with Crippen LogP contribution in [0.3, 0.4) is 0 Å². The molecule has 0 saturated heterocycles. The molecule has 3 rings (SSSR count). The number of hydrogen-bond acceptors (Lipinski definition) is 5. The highest BCUT2D eigenvalue weighted by molar-refractivity contribution is 7.90. The highest BCUT2D eigenvalue weighted by Gasteiger charge is 2.20. The largest absolute Gasteiger partial charge is 0.283 e. The first-order valence-electron chi connectivity index (χ1n) is 8.16. The first kappa shape index (κ1) is 19.8. The van der Waals surface area contributed by atoms with Crippen molar-refractivity contribution in [2.75, 3.05) is 0 Å². The van der Waals surface area contributed by atoms with E-state index in [1.165, 1.54) is 16.8 Å². The maximum absolute atomic E-state index is 13.0. The Morgan fingerprint density at radius 3 is 2.32 bits per heavy atom. The van der Waals surface area contributed by atoms with Gasteiger partial charge in [-0.05, 0) is 36.8 Å². The average Bonchev–Trinajstić information content (AvgIpc) is 2.84. The summed E-state index contributed by atoms with van der Waals surface area (Å²) < 4.78 is 28.9. The van der Waals surface area contributed by atoms with Crippen LogP contribution < -0.4 is 10.3 Å². The van der Waals surface area contributed by atoms with Crippen molar-refractivity contribution in [1.29, 1.82) is 0 Å². The molecule has 10 heteroatoms. The molecule has 28 heavy (non-hydrogen) atoms. The topological polar surface area (TPSA) is 103 Å². The molecule has 3 aromatic rings. The van der Waals surface area contributed by atoms with Gasteiger partial charge < -0.3 is 0 Å². The molecule has 146 valence electrons. The maximum Gasteiger partial charge on any atom is 0.280 e. The molecule has 2 heterocycles. The van der Waals surface area contributed by atoms with Crippen LogP contribution in [0.5, 0.6) is 0 Å². The van der Waals surface area contributed by atoms with Crippen molar-refractivity contribution >= 4 is 27.5 Å². The van der Waals surface area contributed by atoms with Crippen LogP contribution in [0, 0.1) is 6.92 Å². The molecule has 0 unspecified atom stereocenters. The Balaban J connectivity index is 2.08. The van der Waals surface area contributed by atoms with Crippen LogP contribution in [0.15, 0.2) is 52.3 Å². The second-order valence-electron chi connectivity index (χ2n) is 6.12. The summed E-state index contributed by atoms with van der Waals surface area (Å²) >= 11 is 5.92. The molecule has 0 saturated carbocycles. The summed E-state index contributed by atoms with van der Waals surface area (Å²) in [7, 11) is -2.29. The Labute approximate surface area is 166 Å². The summed E-state index contributed by atoms with van der Waals surface area (Å²) in [5, 5.41) is 0.565. The number of rotatable bonds is 4. The standard InChI is InChI=1S/C18H17ClN4O4S/c1-11-17(13-4-6-14(19)7-5-13)18(25)23(22(11)3)16-9-8-15(10-20-16)28(26,27)21-12(2)24/h4-10H,1-3H3,(H,21,24). The summed E-state index contributed by atoms with van der Waals surface area (Å²) in [6.07, 6.45) is 1.09. The van der Waals surface area contributed by atoms with E-state index in [1.54, 1.807) is 42.9 Å². The van der Waals surface area contributed by atoms with E-state index in [1.807, 2.05) is 4.72 Å². The van der Waals surface area contributed by atoms with Gasteiger partial charge >= 0.3 is 0 Å². The summed E-state index contributed by atoms with van der Waals surface area (Å²) in [5.41, 5.74) is 1.62. The van der Waals surface area contributed by atoms with E-state index >= 15 is 0 Å². The zero-order valence-electron chi connectivity index (χ0n) is 15.3. The van der Waals surface area contributed by atoms with Gasteiger partial charge in [0.2, 0.25) is 5.91 Å². The van der Waals surface area contributed by atoms with Crippen molar-refractivity contribution in [2.24, 2.45) is 7.05 Å². The Morgan fingerprint density at radius 1 is 1.14 bits per heavy atom. The quantitative estimate of drug-likeness (QED) is 0.695. The van der Waals surface area contributed by atoms with Gasteiger partial charge in [0.05, 0.1) is 5.56 Å². The maximum atomic E-state index is 13.0. The third-order valence-corrected chi connectivity index (χ3v) is 5.88. The minimum atomic E-state index is -4.00. The molecule has 0 aliphatic heterocycles. The molecule has 0 radical (unpaired) electrons. The Kier molecular flexibility index (Phi) is 5.14. The average molecular weight is 421 g/mol. The van der Waals surface area contributed by atoms with Gasteiger partial charge in [0.1, 0.15) is 4.90 Å². The second-order valence-corrected chi connectivity index (χ2v) is 8.24. The molecule has 1 amide bonds. The van der Waals surface area contributed by atoms with Crippen LogP contribution in [-0.4, -0.2) is 28.7 Å². The summed E-state index contributed by atoms with van der Waals surface area (Å²) in [5.74, 6) is -0.455. The fraction of sp³-hybridized carbons (Fsp3) is 0.167. The molecule has 0 spiro atoms. The van der Waals surface area contributed by atoms with Crippen molar-refractivity contribution in [3.8, 4) is 16.9 Å². The normalized spacial score (nSPS) is 11.4. The Bertz CT molecular complexity index is 1210. The molecular weight excluding hydrogens is 404 g/mol. The second kappa shape index (κ2) is 7.25. The number of nitrogens with one attached hydrogen (secondary N) is 1. The summed E-state index contributed by atoms with van der Waals surface area (Å²) in [6.45, 7) is 2.90. The van der Waals surface area contributed by atoms with Crippen molar-refractivity contribution in [3.63, 3.8) is 0 Å². The third-order valence-electron chi connectivity index (χ3n) is 4.21. The molecule has 8 nitrogen and oxygen atoms in total. The smallest absolute Gasteiger partial charge is 0.280 e. The number of sulfonamides is 1. The lowest BCUT2D eigenvalue weighted by molar-refractivity contribution is -0.117. The highest BCUT2D eigenvalue weighted by atomic mass is 35.5. The van der Waals surface area contributed by atoms with E-state index in [9.17, 15) is 18.0 Å². The van der Waals surface area contributed by atoms with Crippen LogP contribution in [0.2, 0.25) is 5.02 Å². The molecule has 1 aromatic carbocycles. The molecular formula is C18H17ClN4O4S. The number of carbonyl (C=O) groups is 1. The minimum Gasteiger partial charge on any atom is -0.283 e. The number of amides is 1. The third kappa shape index (κ3) is 3.58. The van der Waals surface area contributed by atoms with E-state index in [2.05, 4.69) is 4.98 Å². The molecule has 0 fully saturated rings. The van der Waals surface area contributed by atoms with Crippen LogP contribution in [0.25, 0.3) is 16.9 Å². The summed E-state index contributed by atoms with van der Waals surface area (Å²) in [4.78, 5) is 28.0. The van der Waals surface area contributed by atoms with Gasteiger partial charge in [-0.3, -0.25) is 14.3 Å². The van der Waals surface area contributed by atoms with Crippen molar-refractivity contribution in [1.82, 2.24) is 19.1 Å². The van der Waals surface area contributed by atoms with E-state index in [0.717, 1.165) is 13.1 Å². The molecule has 0 aliphatic carbocycles. The number of carbonyl (C=O) groups excluding carboxylic acids is 1. The molecule has 1 N–H and O–H groups in total. The van der Waals surface area contributed by atoms with Crippen molar-refractivity contribution < 1.29 is 13.2 Å². The minimum absolute atomic E-state index is 0.177. The number of halogens is 1. The number of nitrogens with zero attached hydrogens (tertiary/aromatic N) is 3. The first-order chi connectivity index (χ1) is 13.1. The van der Waals surface area contributed by atoms with E-state index in [0.29, 0.717) is 21.8 Å². The fourth-order valence-corrected chi connectivity index (χ4v) is 3.88. The zero-order valence-corrected chi connectivity index (χ0v) is 16.9. The van der Waals surface area contributed by atoms with E-state index in [-0.39, 0.29) is 16.3 Å². The fourth-order valence-electron chi connectivity index (χ4n) is 2.82. The van der Waals surface area contributed by atoms with Gasteiger partial charge in [0.25, 0.3) is 15.6 Å². The van der Waals surface area contributed by atoms with Crippen LogP contribution in [-0.2, 0) is 21.9 Å². The van der Waals surface area contributed by atoms with Gasteiger partial charge in [0, 0.05) is 30.9 Å². The number of benzene rings is 1. The lowest BCUT2D eigenvalue weighted by atomic mass is 10.1. The lowest BCUT2D eigenvalue weighted by Gasteiger charge is -2.08. The van der Waals surface area contributed by atoms with Crippen LogP contribution in [0.4, 0.5) is 0 Å².